The molecule has 116 valence electrons. The minimum atomic E-state index is -4.49. The minimum Gasteiger partial charge on any atom is -0.387 e. The van der Waals surface area contributed by atoms with E-state index in [-0.39, 0.29) is 17.8 Å². The van der Waals surface area contributed by atoms with E-state index in [1.165, 1.54) is 6.07 Å². The molecule has 0 aliphatic heterocycles. The zero-order valence-corrected chi connectivity index (χ0v) is 12.1. The van der Waals surface area contributed by atoms with Crippen LogP contribution < -0.4 is 5.32 Å². The molecule has 0 radical (unpaired) electrons. The molecule has 1 rings (SSSR count). The first-order chi connectivity index (χ1) is 9.55. The molecule has 0 amide bonds. The van der Waals surface area contributed by atoms with E-state index in [1.807, 2.05) is 0 Å². The number of anilines is 1. The summed E-state index contributed by atoms with van der Waals surface area (Å²) in [6.45, 7) is 2.10. The molecule has 1 unspecified atom stereocenters. The Bertz CT molecular complexity index is 533. The van der Waals surface area contributed by atoms with E-state index in [0.717, 1.165) is 12.1 Å². The van der Waals surface area contributed by atoms with Crippen molar-refractivity contribution in [2.45, 2.75) is 18.7 Å². The number of nitrogens with one attached hydrogen (secondary N) is 1. The fourth-order valence-electron chi connectivity index (χ4n) is 1.99. The smallest absolute Gasteiger partial charge is 0.387 e. The summed E-state index contributed by atoms with van der Waals surface area (Å²) >= 11 is 0. The van der Waals surface area contributed by atoms with Gasteiger partial charge in [-0.25, -0.2) is 0 Å². The van der Waals surface area contributed by atoms with Gasteiger partial charge in [0.15, 0.2) is 0 Å². The lowest BCUT2D eigenvalue weighted by Gasteiger charge is -2.27. The summed E-state index contributed by atoms with van der Waals surface area (Å²) in [6.07, 6.45) is -4.49. The van der Waals surface area contributed by atoms with E-state index in [2.05, 4.69) is 5.32 Å². The van der Waals surface area contributed by atoms with Crippen LogP contribution in [0.5, 0.6) is 0 Å². The first-order valence-electron chi connectivity index (χ1n) is 6.27. The van der Waals surface area contributed by atoms with Gasteiger partial charge in [0, 0.05) is 13.1 Å². The Morgan fingerprint density at radius 2 is 1.95 bits per heavy atom. The number of aliphatic hydroxyl groups is 1. The van der Waals surface area contributed by atoms with Crippen LogP contribution in [0, 0.1) is 11.3 Å². The fraction of sp³-hybridized carbons (Fsp3) is 0.500. The lowest BCUT2D eigenvalue weighted by Crippen LogP contribution is -2.43. The van der Waals surface area contributed by atoms with Gasteiger partial charge in [-0.1, -0.05) is 0 Å². The lowest BCUT2D eigenvalue weighted by atomic mass is 10.1. The Balaban J connectivity index is 2.88. The van der Waals surface area contributed by atoms with Crippen molar-refractivity contribution in [2.75, 3.05) is 32.5 Å². The van der Waals surface area contributed by atoms with Crippen LogP contribution in [0.4, 0.5) is 18.9 Å². The maximum absolute atomic E-state index is 12.6. The average Bonchev–Trinajstić information content (AvgIpc) is 2.33. The van der Waals surface area contributed by atoms with Gasteiger partial charge in [0.05, 0.1) is 22.4 Å². The van der Waals surface area contributed by atoms with E-state index >= 15 is 0 Å². The van der Waals surface area contributed by atoms with Crippen LogP contribution in [-0.2, 0) is 6.18 Å². The molecule has 0 saturated heterocycles. The van der Waals surface area contributed by atoms with Crippen molar-refractivity contribution >= 4 is 5.69 Å². The Labute approximate surface area is 121 Å². The summed E-state index contributed by atoms with van der Waals surface area (Å²) in [4.78, 5) is 1.79. The van der Waals surface area contributed by atoms with E-state index < -0.39 is 17.3 Å². The number of likely N-dealkylation sites (N-methyl/N-ethyl adjacent to an activating group) is 1. The number of hydrogen-bond donors (Lipinski definition) is 2. The van der Waals surface area contributed by atoms with Gasteiger partial charge in [-0.15, -0.1) is 0 Å². The predicted octanol–water partition coefficient (Wildman–Crippen LogP) is 2.30. The molecule has 21 heavy (non-hydrogen) atoms. The number of alkyl halides is 3. The van der Waals surface area contributed by atoms with Gasteiger partial charge in [0.2, 0.25) is 0 Å². The Kier molecular flexibility index (Phi) is 5.20. The van der Waals surface area contributed by atoms with E-state index in [9.17, 15) is 18.3 Å². The SMILES string of the molecule is CN(C)CC(C)(O)CNc1ccc(C(F)(F)F)cc1C#N. The Morgan fingerprint density at radius 3 is 2.43 bits per heavy atom. The Hall–Kier alpha value is -1.78. The van der Waals surface area contributed by atoms with Crippen LogP contribution in [0.3, 0.4) is 0 Å². The molecule has 1 atom stereocenters. The van der Waals surface area contributed by atoms with Crippen LogP contribution in [0.15, 0.2) is 18.2 Å². The molecule has 1 aromatic rings. The van der Waals surface area contributed by atoms with Crippen molar-refractivity contribution < 1.29 is 18.3 Å². The monoisotopic (exact) mass is 301 g/mol. The topological polar surface area (TPSA) is 59.3 Å². The average molecular weight is 301 g/mol. The maximum Gasteiger partial charge on any atom is 0.416 e. The molecule has 0 bridgehead atoms. The van der Waals surface area contributed by atoms with Gasteiger partial charge in [-0.2, -0.15) is 18.4 Å². The number of nitriles is 1. The zero-order chi connectivity index (χ0) is 16.3. The molecule has 1 aromatic carbocycles. The highest BCUT2D eigenvalue weighted by Crippen LogP contribution is 2.31. The van der Waals surface area contributed by atoms with Gasteiger partial charge in [0.1, 0.15) is 6.07 Å². The van der Waals surface area contributed by atoms with Crippen LogP contribution >= 0.6 is 0 Å². The highest BCUT2D eigenvalue weighted by Gasteiger charge is 2.31. The quantitative estimate of drug-likeness (QED) is 0.876. The standard InChI is InChI=1S/C14H18F3N3O/c1-13(21,9-20(2)3)8-19-12-5-4-11(14(15,16)17)6-10(12)7-18/h4-6,19,21H,8-9H2,1-3H3. The second-order valence-electron chi connectivity index (χ2n) is 5.46. The summed E-state index contributed by atoms with van der Waals surface area (Å²) in [6, 6.07) is 4.63. The molecule has 0 aliphatic rings. The molecule has 0 aromatic heterocycles. The molecule has 4 nitrogen and oxygen atoms in total. The van der Waals surface area contributed by atoms with Crippen molar-refractivity contribution in [2.24, 2.45) is 0 Å². The zero-order valence-electron chi connectivity index (χ0n) is 12.1. The highest BCUT2D eigenvalue weighted by atomic mass is 19.4. The summed E-state index contributed by atoms with van der Waals surface area (Å²) < 4.78 is 37.7. The summed E-state index contributed by atoms with van der Waals surface area (Å²) in [5.74, 6) is 0. The first-order valence-corrected chi connectivity index (χ1v) is 6.27. The third-order valence-electron chi connectivity index (χ3n) is 2.78. The Morgan fingerprint density at radius 1 is 1.33 bits per heavy atom. The van der Waals surface area contributed by atoms with E-state index in [0.29, 0.717) is 6.54 Å². The van der Waals surface area contributed by atoms with Crippen LogP contribution in [-0.4, -0.2) is 42.8 Å². The summed E-state index contributed by atoms with van der Waals surface area (Å²) in [5, 5.41) is 21.9. The molecule has 0 fully saturated rings. The van der Waals surface area contributed by atoms with Gasteiger partial charge in [-0.05, 0) is 39.2 Å². The second kappa shape index (κ2) is 6.33. The van der Waals surface area contributed by atoms with Crippen LogP contribution in [0.1, 0.15) is 18.1 Å². The third-order valence-corrected chi connectivity index (χ3v) is 2.78. The summed E-state index contributed by atoms with van der Waals surface area (Å²) in [7, 11) is 3.60. The number of rotatable bonds is 5. The molecule has 2 N–H and O–H groups in total. The van der Waals surface area contributed by atoms with E-state index in [1.54, 1.807) is 32.0 Å². The number of hydrogen-bond acceptors (Lipinski definition) is 4. The van der Waals surface area contributed by atoms with Crippen molar-refractivity contribution in [3.05, 3.63) is 29.3 Å². The molecule has 0 aliphatic carbocycles. The number of nitrogens with zero attached hydrogens (tertiary/aromatic N) is 2. The van der Waals surface area contributed by atoms with Crippen molar-refractivity contribution in [1.29, 1.82) is 5.26 Å². The normalized spacial score (nSPS) is 14.6. The third kappa shape index (κ3) is 5.25. The van der Waals surface area contributed by atoms with E-state index in [4.69, 9.17) is 5.26 Å². The number of halogens is 3. The highest BCUT2D eigenvalue weighted by molar-refractivity contribution is 5.59. The lowest BCUT2D eigenvalue weighted by molar-refractivity contribution is -0.137. The summed E-state index contributed by atoms with van der Waals surface area (Å²) in [5.41, 5.74) is -1.78. The fourth-order valence-corrected chi connectivity index (χ4v) is 1.99. The molecular weight excluding hydrogens is 283 g/mol. The molecule has 7 heteroatoms. The van der Waals surface area contributed by atoms with Crippen molar-refractivity contribution in [3.8, 4) is 6.07 Å². The molecular formula is C14H18F3N3O. The predicted molar refractivity (Wildman–Crippen MR) is 73.8 cm³/mol. The van der Waals surface area contributed by atoms with Gasteiger partial charge in [0.25, 0.3) is 0 Å². The largest absolute Gasteiger partial charge is 0.416 e. The molecule has 0 spiro atoms. The van der Waals surface area contributed by atoms with Gasteiger partial charge in [-0.3, -0.25) is 0 Å². The number of benzene rings is 1. The van der Waals surface area contributed by atoms with Crippen molar-refractivity contribution in [3.63, 3.8) is 0 Å². The van der Waals surface area contributed by atoms with Crippen LogP contribution in [0.2, 0.25) is 0 Å². The maximum atomic E-state index is 12.6. The first kappa shape index (κ1) is 17.3. The van der Waals surface area contributed by atoms with Crippen LogP contribution in [0.25, 0.3) is 0 Å². The second-order valence-corrected chi connectivity index (χ2v) is 5.46. The molecule has 0 heterocycles. The van der Waals surface area contributed by atoms with Gasteiger partial charge < -0.3 is 15.3 Å². The van der Waals surface area contributed by atoms with Gasteiger partial charge >= 0.3 is 6.18 Å². The molecule has 0 saturated carbocycles. The van der Waals surface area contributed by atoms with Crippen molar-refractivity contribution in [1.82, 2.24) is 4.90 Å². The minimum absolute atomic E-state index is 0.106.